The van der Waals surface area contributed by atoms with Gasteiger partial charge < -0.3 is 0 Å². The molecule has 66 valence electrons. The Labute approximate surface area is 82.0 Å². The number of hydrogen-bond donors (Lipinski definition) is 1. The summed E-state index contributed by atoms with van der Waals surface area (Å²) in [7, 11) is 0. The Morgan fingerprint density at radius 2 is 2.46 bits per heavy atom. The van der Waals surface area contributed by atoms with Gasteiger partial charge in [0.05, 0.1) is 6.54 Å². The van der Waals surface area contributed by atoms with Gasteiger partial charge in [0.25, 0.3) is 0 Å². The zero-order valence-electron chi connectivity index (χ0n) is 9.38. The van der Waals surface area contributed by atoms with Crippen LogP contribution in [0.4, 0.5) is 0 Å². The van der Waals surface area contributed by atoms with Gasteiger partial charge in [-0.15, -0.1) is 6.42 Å². The van der Waals surface area contributed by atoms with Crippen LogP contribution >= 0.6 is 0 Å². The molecule has 13 heavy (non-hydrogen) atoms. The van der Waals surface area contributed by atoms with Crippen molar-refractivity contribution in [1.29, 1.82) is 0 Å². The second kappa shape index (κ2) is 3.64. The number of terminal acetylenes is 1. The van der Waals surface area contributed by atoms with Crippen molar-refractivity contribution in [2.45, 2.75) is 18.8 Å². The van der Waals surface area contributed by atoms with Gasteiger partial charge in [-0.05, 0) is 23.9 Å². The van der Waals surface area contributed by atoms with Crippen LogP contribution in [-0.4, -0.2) is 6.54 Å². The lowest BCUT2D eigenvalue weighted by atomic mass is 10.1. The highest BCUT2D eigenvalue weighted by atomic mass is 14.9. The number of benzene rings is 1. The first kappa shape index (κ1) is 6.23. The Bertz CT molecular complexity index is 406. The summed E-state index contributed by atoms with van der Waals surface area (Å²) < 4.78 is 15.8. The number of fused-ring (bicyclic) bond motifs is 1. The van der Waals surface area contributed by atoms with E-state index in [2.05, 4.69) is 11.2 Å². The van der Waals surface area contributed by atoms with E-state index < -0.39 is 6.37 Å². The van der Waals surface area contributed by atoms with E-state index in [0.717, 1.165) is 11.1 Å². The van der Waals surface area contributed by atoms with Crippen LogP contribution in [0.5, 0.6) is 0 Å². The zero-order valence-corrected chi connectivity index (χ0v) is 7.38. The van der Waals surface area contributed by atoms with Crippen LogP contribution in [0.3, 0.4) is 0 Å². The monoisotopic (exact) mass is 173 g/mol. The maximum atomic E-state index is 7.91. The molecule has 1 atom stereocenters. The number of nitrogens with one attached hydrogen (secondary N) is 1. The predicted molar refractivity (Wildman–Crippen MR) is 54.3 cm³/mol. The van der Waals surface area contributed by atoms with Crippen LogP contribution in [0.25, 0.3) is 0 Å². The highest BCUT2D eigenvalue weighted by Gasteiger charge is 2.20. The van der Waals surface area contributed by atoms with Crippen molar-refractivity contribution >= 4 is 0 Å². The molecule has 1 aliphatic carbocycles. The molecular weight excluding hydrogens is 158 g/mol. The summed E-state index contributed by atoms with van der Waals surface area (Å²) in [6, 6.07) is 7.68. The fourth-order valence-electron chi connectivity index (χ4n) is 1.65. The Kier molecular flexibility index (Phi) is 1.74. The van der Waals surface area contributed by atoms with E-state index in [1.54, 1.807) is 0 Å². The first-order valence-corrected chi connectivity index (χ1v) is 4.41. The Hall–Kier alpha value is -1.26. The Morgan fingerprint density at radius 1 is 1.62 bits per heavy atom. The van der Waals surface area contributed by atoms with E-state index in [1.165, 1.54) is 0 Å². The molecule has 0 aliphatic heterocycles. The second-order valence-electron chi connectivity index (χ2n) is 3.11. The summed E-state index contributed by atoms with van der Waals surface area (Å²) in [6.07, 6.45) is 4.42. The van der Waals surface area contributed by atoms with Crippen molar-refractivity contribution in [3.8, 4) is 12.3 Å². The molecule has 1 aliphatic rings. The Balaban J connectivity index is 2.31. The number of aryl methyl sites for hydroxylation is 1. The maximum Gasteiger partial charge on any atom is 0.0578 e. The molecule has 1 heteroatoms. The predicted octanol–water partition coefficient (Wildman–Crippen LogP) is 1.90. The van der Waals surface area contributed by atoms with E-state index in [9.17, 15) is 0 Å². The van der Waals surface area contributed by atoms with E-state index in [-0.39, 0.29) is 6.04 Å². The highest BCUT2D eigenvalue weighted by Crippen LogP contribution is 2.30. The largest absolute Gasteiger partial charge is 0.299 e. The van der Waals surface area contributed by atoms with Crippen LogP contribution in [0, 0.1) is 12.3 Å². The number of hydrogen-bond acceptors (Lipinski definition) is 1. The minimum atomic E-state index is -1.23. The van der Waals surface area contributed by atoms with E-state index >= 15 is 0 Å². The summed E-state index contributed by atoms with van der Waals surface area (Å²) in [6.45, 7) is 0.481. The van der Waals surface area contributed by atoms with Crippen LogP contribution in [0.1, 0.15) is 26.3 Å². The smallest absolute Gasteiger partial charge is 0.0578 e. The van der Waals surface area contributed by atoms with Crippen LogP contribution in [-0.2, 0) is 6.37 Å². The minimum Gasteiger partial charge on any atom is -0.299 e. The average molecular weight is 173 g/mol. The first-order valence-electron chi connectivity index (χ1n) is 5.41. The van der Waals surface area contributed by atoms with Gasteiger partial charge in [-0.2, -0.15) is 0 Å². The lowest BCUT2D eigenvalue weighted by Gasteiger charge is -2.10. The molecule has 0 saturated carbocycles. The first-order chi connectivity index (χ1) is 7.15. The molecule has 0 saturated heterocycles. The van der Waals surface area contributed by atoms with Crippen LogP contribution in [0.15, 0.2) is 24.3 Å². The quantitative estimate of drug-likeness (QED) is 0.673. The lowest BCUT2D eigenvalue weighted by Crippen LogP contribution is -2.19. The molecule has 0 heterocycles. The van der Waals surface area contributed by atoms with Gasteiger partial charge in [0.1, 0.15) is 0 Å². The highest BCUT2D eigenvalue weighted by molar-refractivity contribution is 5.34. The van der Waals surface area contributed by atoms with E-state index in [0.29, 0.717) is 13.0 Å². The van der Waals surface area contributed by atoms with Crippen molar-refractivity contribution in [2.24, 2.45) is 0 Å². The van der Waals surface area contributed by atoms with E-state index in [4.69, 9.17) is 9.16 Å². The van der Waals surface area contributed by atoms with E-state index in [1.807, 2.05) is 24.3 Å². The van der Waals surface area contributed by atoms with Gasteiger partial charge in [-0.3, -0.25) is 5.32 Å². The number of rotatable bonds is 2. The van der Waals surface area contributed by atoms with Crippen molar-refractivity contribution in [1.82, 2.24) is 5.32 Å². The molecule has 0 unspecified atom stereocenters. The molecule has 0 fully saturated rings. The standard InChI is InChI=1S/C12H13N/c1-2-9-13-12-8-7-10-5-3-4-6-11(10)12/h1,3-6,12-13H,7-9H2/t12-/m1/s1/i7D2. The van der Waals surface area contributed by atoms with Gasteiger partial charge in [-0.25, -0.2) is 0 Å². The van der Waals surface area contributed by atoms with Gasteiger partial charge in [-0.1, -0.05) is 30.2 Å². The third-order valence-electron chi connectivity index (χ3n) is 2.28. The summed E-state index contributed by atoms with van der Waals surface area (Å²) >= 11 is 0. The molecule has 0 amide bonds. The van der Waals surface area contributed by atoms with Gasteiger partial charge in [0, 0.05) is 8.78 Å². The SMILES string of the molecule is [2H]C1([2H])C[C@@H](NCC#C)c2ccccc21. The maximum absolute atomic E-state index is 7.91. The lowest BCUT2D eigenvalue weighted by molar-refractivity contribution is 0.568. The third kappa shape index (κ3) is 1.59. The fourth-order valence-corrected chi connectivity index (χ4v) is 1.65. The molecule has 0 aromatic heterocycles. The van der Waals surface area contributed by atoms with Crippen molar-refractivity contribution in [3.63, 3.8) is 0 Å². The molecule has 2 rings (SSSR count). The molecule has 1 aromatic carbocycles. The fraction of sp³-hybridized carbons (Fsp3) is 0.333. The molecule has 1 aromatic rings. The normalized spacial score (nSPS) is 25.6. The third-order valence-corrected chi connectivity index (χ3v) is 2.28. The van der Waals surface area contributed by atoms with Crippen molar-refractivity contribution in [2.75, 3.05) is 6.54 Å². The van der Waals surface area contributed by atoms with Crippen molar-refractivity contribution < 1.29 is 2.74 Å². The van der Waals surface area contributed by atoms with Gasteiger partial charge >= 0.3 is 0 Å². The summed E-state index contributed by atoms with van der Waals surface area (Å²) in [4.78, 5) is 0. The molecule has 0 radical (unpaired) electrons. The summed E-state index contributed by atoms with van der Waals surface area (Å²) in [5, 5.41) is 3.17. The molecule has 1 nitrogen and oxygen atoms in total. The molecule has 0 bridgehead atoms. The van der Waals surface area contributed by atoms with Crippen molar-refractivity contribution in [3.05, 3.63) is 35.4 Å². The van der Waals surface area contributed by atoms with Gasteiger partial charge in [0.2, 0.25) is 0 Å². The average Bonchev–Trinajstić information content (AvgIpc) is 2.49. The molecular formula is C12H13N. The minimum absolute atomic E-state index is 0.0484. The Morgan fingerprint density at radius 3 is 3.31 bits per heavy atom. The topological polar surface area (TPSA) is 12.0 Å². The summed E-state index contributed by atoms with van der Waals surface area (Å²) in [5.41, 5.74) is 1.83. The zero-order chi connectivity index (χ0) is 10.9. The second-order valence-corrected chi connectivity index (χ2v) is 3.11. The van der Waals surface area contributed by atoms with Crippen LogP contribution in [0.2, 0.25) is 0 Å². The molecule has 1 N–H and O–H groups in total. The van der Waals surface area contributed by atoms with Crippen LogP contribution < -0.4 is 5.32 Å². The molecule has 0 spiro atoms. The van der Waals surface area contributed by atoms with Gasteiger partial charge in [0.15, 0.2) is 0 Å². The summed E-state index contributed by atoms with van der Waals surface area (Å²) in [5.74, 6) is 2.52.